The molecule has 0 spiro atoms. The molecule has 2 heteroatoms. The summed E-state index contributed by atoms with van der Waals surface area (Å²) in [6.07, 6.45) is 12.4. The van der Waals surface area contributed by atoms with Crippen molar-refractivity contribution in [1.82, 2.24) is 0 Å². The Morgan fingerprint density at radius 1 is 1.05 bits per heavy atom. The topological polar surface area (TPSA) is 33.0 Å². The van der Waals surface area contributed by atoms with Gasteiger partial charge < -0.3 is 4.74 Å². The number of hydrogen-bond acceptors (Lipinski definition) is 2. The van der Waals surface area contributed by atoms with Crippen LogP contribution in [0, 0.1) is 40.9 Å². The van der Waals surface area contributed by atoms with Crippen molar-refractivity contribution >= 4 is 0 Å². The molecular formula is C17H21NO. The first-order chi connectivity index (χ1) is 9.33. The van der Waals surface area contributed by atoms with Crippen molar-refractivity contribution in [2.24, 2.45) is 29.6 Å². The third-order valence-corrected chi connectivity index (χ3v) is 5.83. The number of nitriles is 1. The molecule has 19 heavy (non-hydrogen) atoms. The van der Waals surface area contributed by atoms with E-state index in [4.69, 9.17) is 10.00 Å². The van der Waals surface area contributed by atoms with Crippen LogP contribution in [0.15, 0.2) is 23.5 Å². The van der Waals surface area contributed by atoms with E-state index < -0.39 is 0 Å². The SMILES string of the molecule is N#C/C=C1\OCC\C1=C/C1C2CC3CC(C2)CC1C3. The van der Waals surface area contributed by atoms with Gasteiger partial charge in [-0.2, -0.15) is 5.26 Å². The van der Waals surface area contributed by atoms with Crippen molar-refractivity contribution in [3.63, 3.8) is 0 Å². The van der Waals surface area contributed by atoms with Crippen LogP contribution < -0.4 is 0 Å². The van der Waals surface area contributed by atoms with Crippen molar-refractivity contribution in [1.29, 1.82) is 5.26 Å². The fourth-order valence-corrected chi connectivity index (χ4v) is 5.32. The van der Waals surface area contributed by atoms with E-state index in [1.165, 1.54) is 37.7 Å². The zero-order valence-corrected chi connectivity index (χ0v) is 11.3. The summed E-state index contributed by atoms with van der Waals surface area (Å²) < 4.78 is 5.57. The molecule has 5 aliphatic rings. The highest BCUT2D eigenvalue weighted by Crippen LogP contribution is 2.57. The predicted octanol–water partition coefficient (Wildman–Crippen LogP) is 3.81. The Bertz CT molecular complexity index is 454. The monoisotopic (exact) mass is 255 g/mol. The molecule has 5 fully saturated rings. The summed E-state index contributed by atoms with van der Waals surface area (Å²) >= 11 is 0. The molecule has 0 radical (unpaired) electrons. The van der Waals surface area contributed by atoms with Crippen molar-refractivity contribution < 1.29 is 4.74 Å². The van der Waals surface area contributed by atoms with E-state index in [-0.39, 0.29) is 0 Å². The summed E-state index contributed by atoms with van der Waals surface area (Å²) in [7, 11) is 0. The molecule has 0 unspecified atom stereocenters. The number of allylic oxidation sites excluding steroid dienone is 3. The highest BCUT2D eigenvalue weighted by molar-refractivity contribution is 5.33. The fourth-order valence-electron chi connectivity index (χ4n) is 5.32. The molecule has 5 rings (SSSR count). The van der Waals surface area contributed by atoms with Gasteiger partial charge in [-0.3, -0.25) is 0 Å². The van der Waals surface area contributed by atoms with Crippen LogP contribution in [-0.4, -0.2) is 6.61 Å². The zero-order valence-electron chi connectivity index (χ0n) is 11.3. The van der Waals surface area contributed by atoms with Crippen LogP contribution in [0.5, 0.6) is 0 Å². The molecule has 0 N–H and O–H groups in total. The fraction of sp³-hybridized carbons (Fsp3) is 0.706. The first-order valence-electron chi connectivity index (χ1n) is 7.77. The van der Waals surface area contributed by atoms with E-state index in [1.807, 2.05) is 0 Å². The molecule has 4 saturated carbocycles. The summed E-state index contributed by atoms with van der Waals surface area (Å²) in [6, 6.07) is 2.11. The Morgan fingerprint density at radius 2 is 1.74 bits per heavy atom. The van der Waals surface area contributed by atoms with Gasteiger partial charge in [0.1, 0.15) is 5.76 Å². The van der Waals surface area contributed by atoms with Crippen LogP contribution in [0.3, 0.4) is 0 Å². The normalized spacial score (nSPS) is 47.6. The second-order valence-corrected chi connectivity index (χ2v) is 6.94. The maximum Gasteiger partial charge on any atom is 0.132 e. The first-order valence-corrected chi connectivity index (χ1v) is 7.77. The van der Waals surface area contributed by atoms with Gasteiger partial charge in [0.25, 0.3) is 0 Å². The lowest BCUT2D eigenvalue weighted by Crippen LogP contribution is -2.44. The standard InChI is InChI=1S/C17H21NO/c18-3-1-17-13(2-4-19-17)10-16-14-6-11-5-12(8-14)9-15(16)7-11/h1,10-12,14-16H,2,4-9H2/b13-10+,17-1-. The Morgan fingerprint density at radius 3 is 2.37 bits per heavy atom. The molecule has 0 aromatic rings. The van der Waals surface area contributed by atoms with Gasteiger partial charge in [-0.05, 0) is 67.3 Å². The molecule has 100 valence electrons. The second-order valence-electron chi connectivity index (χ2n) is 6.94. The lowest BCUT2D eigenvalue weighted by Gasteiger charge is -2.54. The van der Waals surface area contributed by atoms with E-state index in [0.717, 1.165) is 48.4 Å². The van der Waals surface area contributed by atoms with Gasteiger partial charge in [-0.1, -0.05) is 6.08 Å². The first kappa shape index (κ1) is 11.6. The summed E-state index contributed by atoms with van der Waals surface area (Å²) in [6.45, 7) is 0.757. The molecule has 0 amide bonds. The highest BCUT2D eigenvalue weighted by atomic mass is 16.5. The van der Waals surface area contributed by atoms with Crippen LogP contribution >= 0.6 is 0 Å². The van der Waals surface area contributed by atoms with E-state index in [0.29, 0.717) is 0 Å². The van der Waals surface area contributed by atoms with Crippen molar-refractivity contribution in [2.45, 2.75) is 38.5 Å². The predicted molar refractivity (Wildman–Crippen MR) is 72.9 cm³/mol. The second kappa shape index (κ2) is 4.40. The molecule has 1 aliphatic heterocycles. The molecular weight excluding hydrogens is 234 g/mol. The largest absolute Gasteiger partial charge is 0.492 e. The third-order valence-electron chi connectivity index (χ3n) is 5.83. The maximum absolute atomic E-state index is 8.82. The van der Waals surface area contributed by atoms with Gasteiger partial charge in [0.15, 0.2) is 0 Å². The summed E-state index contributed by atoms with van der Waals surface area (Å²) in [5.41, 5.74) is 1.30. The van der Waals surface area contributed by atoms with Gasteiger partial charge in [-0.25, -0.2) is 0 Å². The quantitative estimate of drug-likeness (QED) is 0.667. The number of ether oxygens (including phenoxy) is 1. The molecule has 4 aliphatic carbocycles. The number of nitrogens with zero attached hydrogens (tertiary/aromatic N) is 1. The number of rotatable bonds is 1. The van der Waals surface area contributed by atoms with Crippen LogP contribution in [0.4, 0.5) is 0 Å². The van der Waals surface area contributed by atoms with Gasteiger partial charge in [0.05, 0.1) is 18.8 Å². The molecule has 0 atom stereocenters. The lowest BCUT2D eigenvalue weighted by molar-refractivity contribution is -0.0164. The third kappa shape index (κ3) is 1.91. The Hall–Kier alpha value is -1.23. The minimum absolute atomic E-state index is 0.757. The molecule has 1 heterocycles. The number of hydrogen-bond donors (Lipinski definition) is 0. The van der Waals surface area contributed by atoms with Crippen LogP contribution in [0.25, 0.3) is 0 Å². The molecule has 1 saturated heterocycles. The summed E-state index contributed by atoms with van der Waals surface area (Å²) in [5, 5.41) is 8.82. The van der Waals surface area contributed by atoms with Crippen LogP contribution in [-0.2, 0) is 4.74 Å². The smallest absolute Gasteiger partial charge is 0.132 e. The van der Waals surface area contributed by atoms with Gasteiger partial charge in [0, 0.05) is 6.42 Å². The minimum Gasteiger partial charge on any atom is -0.492 e. The average Bonchev–Trinajstić information content (AvgIpc) is 2.81. The van der Waals surface area contributed by atoms with Crippen molar-refractivity contribution in [2.75, 3.05) is 6.61 Å². The Labute approximate surface area is 115 Å². The molecule has 0 aromatic heterocycles. The van der Waals surface area contributed by atoms with Crippen molar-refractivity contribution in [3.8, 4) is 6.07 Å². The molecule has 2 nitrogen and oxygen atoms in total. The maximum atomic E-state index is 8.82. The van der Waals surface area contributed by atoms with E-state index in [2.05, 4.69) is 12.1 Å². The zero-order chi connectivity index (χ0) is 12.8. The lowest BCUT2D eigenvalue weighted by atomic mass is 9.51. The summed E-state index contributed by atoms with van der Waals surface area (Å²) in [4.78, 5) is 0. The van der Waals surface area contributed by atoms with Crippen LogP contribution in [0.1, 0.15) is 38.5 Å². The Kier molecular flexibility index (Phi) is 2.69. The van der Waals surface area contributed by atoms with E-state index >= 15 is 0 Å². The van der Waals surface area contributed by atoms with Gasteiger partial charge >= 0.3 is 0 Å². The average molecular weight is 255 g/mol. The molecule has 0 aromatic carbocycles. The minimum atomic E-state index is 0.757. The highest BCUT2D eigenvalue weighted by Gasteiger charge is 2.47. The van der Waals surface area contributed by atoms with E-state index in [1.54, 1.807) is 6.08 Å². The summed E-state index contributed by atoms with van der Waals surface area (Å²) in [5.74, 6) is 5.53. The van der Waals surface area contributed by atoms with E-state index in [9.17, 15) is 0 Å². The van der Waals surface area contributed by atoms with Crippen molar-refractivity contribution in [3.05, 3.63) is 23.5 Å². The van der Waals surface area contributed by atoms with Gasteiger partial charge in [0.2, 0.25) is 0 Å². The Balaban J connectivity index is 1.60. The molecule has 4 bridgehead atoms. The van der Waals surface area contributed by atoms with Gasteiger partial charge in [-0.15, -0.1) is 0 Å². The van der Waals surface area contributed by atoms with Crippen LogP contribution in [0.2, 0.25) is 0 Å².